The number of aromatic nitrogens is 3. The SMILES string of the molecule is CCCOCCOCCOCCn1cc(CN2CCS(=O)(=O)CC2)nn1. The van der Waals surface area contributed by atoms with Crippen LogP contribution in [0.25, 0.3) is 0 Å². The molecule has 1 aromatic heterocycles. The van der Waals surface area contributed by atoms with Crippen molar-refractivity contribution < 1.29 is 22.6 Å². The maximum atomic E-state index is 11.4. The minimum Gasteiger partial charge on any atom is -0.379 e. The molecule has 0 saturated carbocycles. The molecule has 1 saturated heterocycles. The number of nitrogens with zero attached hydrogens (tertiary/aromatic N) is 4. The van der Waals surface area contributed by atoms with Crippen molar-refractivity contribution in [2.24, 2.45) is 0 Å². The maximum absolute atomic E-state index is 11.4. The van der Waals surface area contributed by atoms with Crippen molar-refractivity contribution in [1.29, 1.82) is 0 Å². The summed E-state index contributed by atoms with van der Waals surface area (Å²) in [5.74, 6) is 0.448. The van der Waals surface area contributed by atoms with Gasteiger partial charge in [0.05, 0.1) is 56.8 Å². The van der Waals surface area contributed by atoms with Gasteiger partial charge >= 0.3 is 0 Å². The second kappa shape index (κ2) is 11.6. The van der Waals surface area contributed by atoms with Crippen LogP contribution in [0.1, 0.15) is 19.0 Å². The normalized spacial score (nSPS) is 17.6. The zero-order valence-corrected chi connectivity index (χ0v) is 16.3. The number of hydrogen-bond acceptors (Lipinski definition) is 8. The molecule has 0 bridgehead atoms. The highest BCUT2D eigenvalue weighted by Gasteiger charge is 2.22. The molecule has 150 valence electrons. The van der Waals surface area contributed by atoms with E-state index >= 15 is 0 Å². The van der Waals surface area contributed by atoms with Crippen molar-refractivity contribution in [3.8, 4) is 0 Å². The standard InChI is InChI=1S/C16H30N4O5S/c1-2-6-23-8-10-25-11-9-24-7-3-20-15-16(17-18-20)14-19-4-12-26(21,22)13-5-19/h15H,2-14H2,1H3. The van der Waals surface area contributed by atoms with Crippen molar-refractivity contribution in [2.45, 2.75) is 26.4 Å². The molecule has 0 atom stereocenters. The Balaban J connectivity index is 1.51. The Morgan fingerprint density at radius 2 is 1.62 bits per heavy atom. The molecule has 0 aliphatic carbocycles. The van der Waals surface area contributed by atoms with Crippen molar-refractivity contribution in [2.75, 3.05) is 64.2 Å². The lowest BCUT2D eigenvalue weighted by molar-refractivity contribution is 0.0128. The van der Waals surface area contributed by atoms with Crippen LogP contribution in [-0.4, -0.2) is 92.5 Å². The molecule has 1 aliphatic rings. The van der Waals surface area contributed by atoms with Gasteiger partial charge in [-0.3, -0.25) is 4.90 Å². The van der Waals surface area contributed by atoms with Crippen LogP contribution < -0.4 is 0 Å². The average molecular weight is 391 g/mol. The van der Waals surface area contributed by atoms with E-state index < -0.39 is 9.84 Å². The van der Waals surface area contributed by atoms with Crippen molar-refractivity contribution in [3.05, 3.63) is 11.9 Å². The van der Waals surface area contributed by atoms with Crippen LogP contribution in [-0.2, 0) is 37.1 Å². The molecule has 2 rings (SSSR count). The van der Waals surface area contributed by atoms with Gasteiger partial charge < -0.3 is 14.2 Å². The quantitative estimate of drug-likeness (QED) is 0.433. The highest BCUT2D eigenvalue weighted by Crippen LogP contribution is 2.07. The molecule has 0 aromatic carbocycles. The van der Waals surface area contributed by atoms with Gasteiger partial charge in [0.15, 0.2) is 9.84 Å². The second-order valence-corrected chi connectivity index (χ2v) is 8.54. The molecule has 9 nitrogen and oxygen atoms in total. The Labute approximate surface area is 155 Å². The fourth-order valence-electron chi connectivity index (χ4n) is 2.50. The fraction of sp³-hybridized carbons (Fsp3) is 0.875. The predicted octanol–water partition coefficient (Wildman–Crippen LogP) is -0.0317. The summed E-state index contributed by atoms with van der Waals surface area (Å²) in [6.45, 7) is 8.07. The van der Waals surface area contributed by atoms with E-state index in [4.69, 9.17) is 14.2 Å². The Morgan fingerprint density at radius 1 is 1.00 bits per heavy atom. The van der Waals surface area contributed by atoms with E-state index in [1.807, 2.05) is 6.20 Å². The first-order valence-electron chi connectivity index (χ1n) is 9.14. The van der Waals surface area contributed by atoms with Gasteiger partial charge in [0, 0.05) is 32.4 Å². The molecular formula is C16H30N4O5S. The van der Waals surface area contributed by atoms with Gasteiger partial charge in [-0.05, 0) is 6.42 Å². The van der Waals surface area contributed by atoms with Crippen LogP contribution >= 0.6 is 0 Å². The van der Waals surface area contributed by atoms with Crippen LogP contribution in [0.3, 0.4) is 0 Å². The maximum Gasteiger partial charge on any atom is 0.152 e. The van der Waals surface area contributed by atoms with Crippen molar-refractivity contribution in [1.82, 2.24) is 19.9 Å². The van der Waals surface area contributed by atoms with Crippen LogP contribution in [0.2, 0.25) is 0 Å². The average Bonchev–Trinajstić information content (AvgIpc) is 3.06. The number of rotatable bonds is 13. The first kappa shape index (κ1) is 21.2. The lowest BCUT2D eigenvalue weighted by Gasteiger charge is -2.25. The monoisotopic (exact) mass is 390 g/mol. The van der Waals surface area contributed by atoms with Gasteiger partial charge in [-0.15, -0.1) is 5.10 Å². The lowest BCUT2D eigenvalue weighted by Crippen LogP contribution is -2.39. The molecule has 0 N–H and O–H groups in total. The first-order valence-corrected chi connectivity index (χ1v) is 11.0. The van der Waals surface area contributed by atoms with E-state index in [1.54, 1.807) is 4.68 Å². The summed E-state index contributed by atoms with van der Waals surface area (Å²) in [6.07, 6.45) is 2.90. The molecule has 10 heteroatoms. The molecule has 1 aromatic rings. The topological polar surface area (TPSA) is 95.8 Å². The Bertz CT molecular complexity index is 594. The third-order valence-corrected chi connectivity index (χ3v) is 5.58. The Hall–Kier alpha value is -1.07. The summed E-state index contributed by atoms with van der Waals surface area (Å²) >= 11 is 0. The van der Waals surface area contributed by atoms with Gasteiger partial charge in [0.1, 0.15) is 0 Å². The second-order valence-electron chi connectivity index (χ2n) is 6.24. The zero-order valence-electron chi connectivity index (χ0n) is 15.5. The third kappa shape index (κ3) is 8.54. The fourth-order valence-corrected chi connectivity index (χ4v) is 3.78. The number of hydrogen-bond donors (Lipinski definition) is 0. The van der Waals surface area contributed by atoms with E-state index in [1.165, 1.54) is 0 Å². The molecule has 2 heterocycles. The molecule has 0 spiro atoms. The molecular weight excluding hydrogens is 360 g/mol. The van der Waals surface area contributed by atoms with E-state index in [0.717, 1.165) is 18.7 Å². The molecule has 1 fully saturated rings. The van der Waals surface area contributed by atoms with E-state index in [2.05, 4.69) is 22.1 Å². The summed E-state index contributed by atoms with van der Waals surface area (Å²) in [6, 6.07) is 0. The molecule has 0 amide bonds. The third-order valence-electron chi connectivity index (χ3n) is 3.97. The Kier molecular flexibility index (Phi) is 9.48. The van der Waals surface area contributed by atoms with Crippen LogP contribution in [0, 0.1) is 0 Å². The largest absolute Gasteiger partial charge is 0.379 e. The summed E-state index contributed by atoms with van der Waals surface area (Å²) in [4.78, 5) is 2.09. The predicted molar refractivity (Wildman–Crippen MR) is 96.7 cm³/mol. The van der Waals surface area contributed by atoms with Gasteiger partial charge in [-0.1, -0.05) is 12.1 Å². The molecule has 0 radical (unpaired) electrons. The van der Waals surface area contributed by atoms with E-state index in [0.29, 0.717) is 59.2 Å². The Morgan fingerprint density at radius 3 is 2.27 bits per heavy atom. The van der Waals surface area contributed by atoms with Gasteiger partial charge in [0.2, 0.25) is 0 Å². The molecule has 0 unspecified atom stereocenters. The summed E-state index contributed by atoms with van der Waals surface area (Å²) < 4.78 is 40.9. The minimum absolute atomic E-state index is 0.224. The summed E-state index contributed by atoms with van der Waals surface area (Å²) in [7, 11) is -2.85. The van der Waals surface area contributed by atoms with Gasteiger partial charge in [0.25, 0.3) is 0 Å². The summed E-state index contributed by atoms with van der Waals surface area (Å²) in [5, 5.41) is 8.22. The van der Waals surface area contributed by atoms with E-state index in [9.17, 15) is 8.42 Å². The number of sulfone groups is 1. The van der Waals surface area contributed by atoms with Crippen LogP contribution in [0.4, 0.5) is 0 Å². The van der Waals surface area contributed by atoms with Crippen molar-refractivity contribution in [3.63, 3.8) is 0 Å². The smallest absolute Gasteiger partial charge is 0.152 e. The molecule has 1 aliphatic heterocycles. The number of ether oxygens (including phenoxy) is 3. The highest BCUT2D eigenvalue weighted by atomic mass is 32.2. The van der Waals surface area contributed by atoms with E-state index in [-0.39, 0.29) is 11.5 Å². The summed E-state index contributed by atoms with van der Waals surface area (Å²) in [5.41, 5.74) is 0.847. The van der Waals surface area contributed by atoms with Gasteiger partial charge in [-0.25, -0.2) is 13.1 Å². The van der Waals surface area contributed by atoms with Crippen molar-refractivity contribution >= 4 is 9.84 Å². The van der Waals surface area contributed by atoms with Gasteiger partial charge in [-0.2, -0.15) is 0 Å². The zero-order chi connectivity index (χ0) is 18.7. The minimum atomic E-state index is -2.85. The van der Waals surface area contributed by atoms with Crippen LogP contribution in [0.5, 0.6) is 0 Å². The first-order chi connectivity index (χ1) is 12.6. The van der Waals surface area contributed by atoms with Crippen LogP contribution in [0.15, 0.2) is 6.20 Å². The lowest BCUT2D eigenvalue weighted by atomic mass is 10.4. The highest BCUT2D eigenvalue weighted by molar-refractivity contribution is 7.91. The molecule has 26 heavy (non-hydrogen) atoms.